The second-order valence-electron chi connectivity index (χ2n) is 5.27. The summed E-state index contributed by atoms with van der Waals surface area (Å²) in [5.41, 5.74) is 1.12. The molecule has 2 N–H and O–H groups in total. The number of hydrogen-bond acceptors (Lipinski definition) is 5. The van der Waals surface area contributed by atoms with E-state index in [1.54, 1.807) is 24.3 Å². The number of fused-ring (bicyclic) bond motifs is 1. The number of aryl methyl sites for hydroxylation is 1. The van der Waals surface area contributed by atoms with E-state index in [-0.39, 0.29) is 35.2 Å². The summed E-state index contributed by atoms with van der Waals surface area (Å²) in [5, 5.41) is 9.30. The van der Waals surface area contributed by atoms with Crippen LogP contribution in [0.25, 0.3) is 0 Å². The smallest absolute Gasteiger partial charge is 0.339 e. The predicted molar refractivity (Wildman–Crippen MR) is 86.4 cm³/mol. The first kappa shape index (κ1) is 16.1. The second kappa shape index (κ2) is 6.04. The second-order valence-corrected chi connectivity index (χ2v) is 6.95. The Morgan fingerprint density at radius 2 is 1.79 bits per heavy atom. The largest absolute Gasteiger partial charge is 0.486 e. The standard InChI is InChI=1S/C16H15NO6S/c1-10-2-4-11(5-3-10)17-24(20,21)12-8-13(16(18)19)15-14(9-12)22-6-7-23-15/h2-5,8-9,17H,6-7H2,1H3,(H,18,19). The minimum Gasteiger partial charge on any atom is -0.486 e. The summed E-state index contributed by atoms with van der Waals surface area (Å²) in [5.74, 6) is -1.14. The normalized spacial score (nSPS) is 13.4. The zero-order valence-electron chi connectivity index (χ0n) is 12.8. The molecule has 0 aromatic heterocycles. The van der Waals surface area contributed by atoms with Gasteiger partial charge in [-0.25, -0.2) is 13.2 Å². The summed E-state index contributed by atoms with van der Waals surface area (Å²) in [6.07, 6.45) is 0. The van der Waals surface area contributed by atoms with E-state index in [1.165, 1.54) is 6.07 Å². The van der Waals surface area contributed by atoms with Crippen molar-refractivity contribution in [3.8, 4) is 11.5 Å². The van der Waals surface area contributed by atoms with Gasteiger partial charge in [0.25, 0.3) is 10.0 Å². The highest BCUT2D eigenvalue weighted by molar-refractivity contribution is 7.92. The highest BCUT2D eigenvalue weighted by Gasteiger charge is 2.26. The van der Waals surface area contributed by atoms with Crippen LogP contribution in [0.1, 0.15) is 15.9 Å². The van der Waals surface area contributed by atoms with Gasteiger partial charge in [-0.05, 0) is 25.1 Å². The van der Waals surface area contributed by atoms with E-state index < -0.39 is 16.0 Å². The van der Waals surface area contributed by atoms with Crippen LogP contribution in [-0.2, 0) is 10.0 Å². The summed E-state index contributed by atoms with van der Waals surface area (Å²) in [6, 6.07) is 9.12. The van der Waals surface area contributed by atoms with E-state index in [0.717, 1.165) is 11.6 Å². The Bertz CT molecular complexity index is 890. The number of aromatic carboxylic acids is 1. The molecular formula is C16H15NO6S. The van der Waals surface area contributed by atoms with Crippen molar-refractivity contribution in [2.24, 2.45) is 0 Å². The van der Waals surface area contributed by atoms with Gasteiger partial charge in [-0.15, -0.1) is 0 Å². The lowest BCUT2D eigenvalue weighted by Crippen LogP contribution is -2.20. The molecule has 1 aliphatic rings. The minimum absolute atomic E-state index is 0.0445. The van der Waals surface area contributed by atoms with Crippen molar-refractivity contribution in [2.45, 2.75) is 11.8 Å². The summed E-state index contributed by atoms with van der Waals surface area (Å²) in [4.78, 5) is 11.2. The molecule has 1 heterocycles. The molecule has 2 aromatic rings. The van der Waals surface area contributed by atoms with Crippen molar-refractivity contribution in [1.82, 2.24) is 0 Å². The predicted octanol–water partition coefficient (Wildman–Crippen LogP) is 2.27. The molecule has 0 unspecified atom stereocenters. The third-order valence-corrected chi connectivity index (χ3v) is 4.82. The Morgan fingerprint density at radius 1 is 1.12 bits per heavy atom. The lowest BCUT2D eigenvalue weighted by atomic mass is 10.2. The molecule has 0 fully saturated rings. The molecule has 0 amide bonds. The van der Waals surface area contributed by atoms with Crippen LogP contribution in [0.2, 0.25) is 0 Å². The Hall–Kier alpha value is -2.74. The molecule has 0 radical (unpaired) electrons. The van der Waals surface area contributed by atoms with Gasteiger partial charge in [0.05, 0.1) is 4.90 Å². The van der Waals surface area contributed by atoms with Gasteiger partial charge in [0.15, 0.2) is 11.5 Å². The number of anilines is 1. The van der Waals surface area contributed by atoms with Crippen LogP contribution in [0.5, 0.6) is 11.5 Å². The van der Waals surface area contributed by atoms with Crippen molar-refractivity contribution in [1.29, 1.82) is 0 Å². The number of ether oxygens (including phenoxy) is 2. The topological polar surface area (TPSA) is 102 Å². The number of hydrogen-bond donors (Lipinski definition) is 2. The highest BCUT2D eigenvalue weighted by Crippen LogP contribution is 2.37. The van der Waals surface area contributed by atoms with Gasteiger partial charge < -0.3 is 14.6 Å². The van der Waals surface area contributed by atoms with E-state index in [9.17, 15) is 18.3 Å². The average molecular weight is 349 g/mol. The molecular weight excluding hydrogens is 334 g/mol. The van der Waals surface area contributed by atoms with E-state index >= 15 is 0 Å². The van der Waals surface area contributed by atoms with Gasteiger partial charge in [-0.2, -0.15) is 0 Å². The monoisotopic (exact) mass is 349 g/mol. The molecule has 3 rings (SSSR count). The van der Waals surface area contributed by atoms with Crippen molar-refractivity contribution in [2.75, 3.05) is 17.9 Å². The van der Waals surface area contributed by atoms with Crippen LogP contribution in [0.4, 0.5) is 5.69 Å². The lowest BCUT2D eigenvalue weighted by molar-refractivity contribution is 0.0685. The Kier molecular flexibility index (Phi) is 4.06. The van der Waals surface area contributed by atoms with E-state index in [0.29, 0.717) is 5.69 Å². The third kappa shape index (κ3) is 3.13. The third-order valence-electron chi connectivity index (χ3n) is 3.46. The molecule has 126 valence electrons. The molecule has 7 nitrogen and oxygen atoms in total. The van der Waals surface area contributed by atoms with Gasteiger partial charge in [0, 0.05) is 11.8 Å². The van der Waals surface area contributed by atoms with Gasteiger partial charge >= 0.3 is 5.97 Å². The van der Waals surface area contributed by atoms with Crippen LogP contribution >= 0.6 is 0 Å². The molecule has 0 saturated carbocycles. The van der Waals surface area contributed by atoms with Gasteiger partial charge in [0.2, 0.25) is 0 Å². The number of sulfonamides is 1. The van der Waals surface area contributed by atoms with Crippen LogP contribution in [0, 0.1) is 6.92 Å². The lowest BCUT2D eigenvalue weighted by Gasteiger charge is -2.21. The van der Waals surface area contributed by atoms with Crippen LogP contribution in [-0.4, -0.2) is 32.7 Å². The Labute approximate surface area is 138 Å². The fourth-order valence-electron chi connectivity index (χ4n) is 2.28. The van der Waals surface area contributed by atoms with Crippen LogP contribution in [0.15, 0.2) is 41.3 Å². The van der Waals surface area contributed by atoms with Crippen molar-refractivity contribution >= 4 is 21.7 Å². The summed E-state index contributed by atoms with van der Waals surface area (Å²) in [6.45, 7) is 2.32. The SMILES string of the molecule is Cc1ccc(NS(=O)(=O)c2cc3c(c(C(=O)O)c2)OCCO3)cc1. The maximum Gasteiger partial charge on any atom is 0.339 e. The first-order valence-corrected chi connectivity index (χ1v) is 8.61. The maximum atomic E-state index is 12.5. The zero-order chi connectivity index (χ0) is 17.3. The number of benzene rings is 2. The van der Waals surface area contributed by atoms with Crippen LogP contribution in [0.3, 0.4) is 0 Å². The van der Waals surface area contributed by atoms with Gasteiger partial charge in [-0.1, -0.05) is 17.7 Å². The first-order valence-electron chi connectivity index (χ1n) is 7.13. The fraction of sp³-hybridized carbons (Fsp3) is 0.188. The number of carbonyl (C=O) groups is 1. The maximum absolute atomic E-state index is 12.5. The summed E-state index contributed by atoms with van der Waals surface area (Å²) in [7, 11) is -3.96. The van der Waals surface area contributed by atoms with Crippen molar-refractivity contribution < 1.29 is 27.8 Å². The molecule has 0 saturated heterocycles. The Morgan fingerprint density at radius 3 is 2.46 bits per heavy atom. The molecule has 0 spiro atoms. The van der Waals surface area contributed by atoms with E-state index in [2.05, 4.69) is 4.72 Å². The van der Waals surface area contributed by atoms with Crippen LogP contribution < -0.4 is 14.2 Å². The number of carboxylic acids is 1. The highest BCUT2D eigenvalue weighted by atomic mass is 32.2. The quantitative estimate of drug-likeness (QED) is 0.878. The molecule has 1 aliphatic heterocycles. The zero-order valence-corrected chi connectivity index (χ0v) is 13.6. The number of nitrogens with one attached hydrogen (secondary N) is 1. The summed E-state index contributed by atoms with van der Waals surface area (Å²) >= 11 is 0. The molecule has 8 heteroatoms. The number of rotatable bonds is 4. The van der Waals surface area contributed by atoms with Crippen molar-refractivity contribution in [3.63, 3.8) is 0 Å². The Balaban J connectivity index is 2.02. The first-order chi connectivity index (χ1) is 11.4. The molecule has 0 aliphatic carbocycles. The summed E-state index contributed by atoms with van der Waals surface area (Å²) < 4.78 is 38.1. The molecule has 0 atom stereocenters. The molecule has 24 heavy (non-hydrogen) atoms. The fourth-order valence-corrected chi connectivity index (χ4v) is 3.38. The van der Waals surface area contributed by atoms with Gasteiger partial charge in [0.1, 0.15) is 18.8 Å². The van der Waals surface area contributed by atoms with Crippen molar-refractivity contribution in [3.05, 3.63) is 47.5 Å². The minimum atomic E-state index is -3.96. The van der Waals surface area contributed by atoms with E-state index in [4.69, 9.17) is 9.47 Å². The molecule has 2 aromatic carbocycles. The number of carboxylic acid groups (broad SMARTS) is 1. The van der Waals surface area contributed by atoms with Gasteiger partial charge in [-0.3, -0.25) is 4.72 Å². The van der Waals surface area contributed by atoms with E-state index in [1.807, 2.05) is 6.92 Å². The average Bonchev–Trinajstić information content (AvgIpc) is 2.55. The molecule has 0 bridgehead atoms.